The van der Waals surface area contributed by atoms with Crippen molar-refractivity contribution in [2.45, 2.75) is 25.7 Å². The second-order valence-electron chi connectivity index (χ2n) is 8.99. The third-order valence-electron chi connectivity index (χ3n) is 6.86. The molecule has 8 nitrogen and oxygen atoms in total. The summed E-state index contributed by atoms with van der Waals surface area (Å²) in [5, 5.41) is 11.1. The first kappa shape index (κ1) is 22.1. The molecule has 0 unspecified atom stereocenters. The van der Waals surface area contributed by atoms with Crippen molar-refractivity contribution in [1.29, 1.82) is 0 Å². The summed E-state index contributed by atoms with van der Waals surface area (Å²) in [4.78, 5) is 17.8. The number of hydrogen-bond acceptors (Lipinski definition) is 5. The molecule has 3 aromatic carbocycles. The molecule has 0 saturated heterocycles. The maximum atomic E-state index is 13.0. The lowest BCUT2D eigenvalue weighted by molar-refractivity contribution is 0.0857. The van der Waals surface area contributed by atoms with Crippen LogP contribution in [0.3, 0.4) is 0 Å². The van der Waals surface area contributed by atoms with Crippen molar-refractivity contribution in [3.05, 3.63) is 118 Å². The second-order valence-corrected chi connectivity index (χ2v) is 8.99. The second kappa shape index (κ2) is 8.66. The van der Waals surface area contributed by atoms with Gasteiger partial charge in [0.05, 0.1) is 5.69 Å². The smallest absolute Gasteiger partial charge is 0.251 e. The summed E-state index contributed by atoms with van der Waals surface area (Å²) >= 11 is 0. The van der Waals surface area contributed by atoms with Gasteiger partial charge in [0, 0.05) is 30.1 Å². The molecule has 0 fully saturated rings. The highest BCUT2D eigenvalue weighted by molar-refractivity contribution is 5.97. The normalized spacial score (nSPS) is 17.6. The maximum Gasteiger partial charge on any atom is 0.251 e. The van der Waals surface area contributed by atoms with E-state index in [2.05, 4.69) is 33.8 Å². The van der Waals surface area contributed by atoms with E-state index in [1.54, 1.807) is 6.20 Å². The van der Waals surface area contributed by atoms with Gasteiger partial charge in [-0.05, 0) is 76.7 Å². The number of ether oxygens (including phenoxy) is 1. The van der Waals surface area contributed by atoms with Crippen LogP contribution < -0.4 is 11.1 Å². The molecule has 36 heavy (non-hydrogen) atoms. The zero-order valence-corrected chi connectivity index (χ0v) is 19.9. The number of carbonyl (C=O) groups is 1. The highest BCUT2D eigenvalue weighted by Crippen LogP contribution is 2.54. The predicted octanol–water partition coefficient (Wildman–Crippen LogP) is 3.90. The minimum atomic E-state index is -0.183. The molecular weight excluding hydrogens is 454 g/mol. The summed E-state index contributed by atoms with van der Waals surface area (Å²) in [6.07, 6.45) is 3.40. The van der Waals surface area contributed by atoms with E-state index in [-0.39, 0.29) is 18.1 Å². The van der Waals surface area contributed by atoms with Crippen LogP contribution in [0.1, 0.15) is 61.5 Å². The number of hydrogen-bond donors (Lipinski definition) is 2. The number of nitrogens with zero attached hydrogens (tertiary/aromatic N) is 3. The molecule has 0 spiro atoms. The van der Waals surface area contributed by atoms with Gasteiger partial charge in [-0.3, -0.25) is 4.79 Å². The monoisotopic (exact) mass is 479 g/mol. The molecule has 1 amide bonds. The number of nitrogens with two attached hydrogens (primary N) is 1. The third kappa shape index (κ3) is 3.63. The van der Waals surface area contributed by atoms with Gasteiger partial charge in [-0.25, -0.2) is 4.68 Å². The molecule has 3 N–H and O–H groups in total. The molecule has 2 aliphatic heterocycles. The highest BCUT2D eigenvalue weighted by Gasteiger charge is 2.43. The van der Waals surface area contributed by atoms with E-state index in [1.807, 2.05) is 60.3 Å². The zero-order valence-electron chi connectivity index (χ0n) is 19.9. The molecule has 2 aliphatic rings. The van der Waals surface area contributed by atoms with Gasteiger partial charge >= 0.3 is 0 Å². The van der Waals surface area contributed by atoms with Gasteiger partial charge in [0.25, 0.3) is 5.91 Å². The van der Waals surface area contributed by atoms with Gasteiger partial charge < -0.3 is 20.6 Å². The number of fused-ring (bicyclic) bond motifs is 8. The van der Waals surface area contributed by atoms with E-state index in [1.165, 1.54) is 12.7 Å². The van der Waals surface area contributed by atoms with Crippen molar-refractivity contribution >= 4 is 11.7 Å². The Balaban J connectivity index is 1.20. The van der Waals surface area contributed by atoms with Crippen molar-refractivity contribution in [1.82, 2.24) is 15.1 Å². The number of amidine groups is 1. The Labute approximate surface area is 208 Å². The number of amides is 1. The van der Waals surface area contributed by atoms with Crippen LogP contribution in [0.4, 0.5) is 0 Å². The van der Waals surface area contributed by atoms with Crippen LogP contribution >= 0.6 is 0 Å². The minimum absolute atomic E-state index is 0.0981. The van der Waals surface area contributed by atoms with E-state index in [0.717, 1.165) is 39.1 Å². The Hall–Kier alpha value is -4.43. The molecular formula is C28H25N5O3. The molecule has 2 atom stereocenters. The van der Waals surface area contributed by atoms with Crippen LogP contribution in [-0.2, 0) is 16.1 Å². The molecule has 4 aromatic rings. The van der Waals surface area contributed by atoms with Crippen LogP contribution in [0.5, 0.6) is 0 Å². The fourth-order valence-electron chi connectivity index (χ4n) is 5.02. The molecule has 2 bridgehead atoms. The van der Waals surface area contributed by atoms with E-state index in [9.17, 15) is 4.79 Å². The van der Waals surface area contributed by atoms with E-state index in [4.69, 9.17) is 15.3 Å². The number of nitrogens with one attached hydrogen (secondary N) is 1. The Bertz CT molecular complexity index is 1510. The summed E-state index contributed by atoms with van der Waals surface area (Å²) < 4.78 is 8.16. The summed E-state index contributed by atoms with van der Waals surface area (Å²) in [5.74, 6) is 0.180. The molecule has 0 saturated carbocycles. The van der Waals surface area contributed by atoms with Crippen LogP contribution in [0.25, 0.3) is 5.69 Å². The number of rotatable bonds is 6. The van der Waals surface area contributed by atoms with Gasteiger partial charge in [0.1, 0.15) is 19.3 Å². The average molecular weight is 480 g/mol. The first-order valence-corrected chi connectivity index (χ1v) is 11.7. The lowest BCUT2D eigenvalue weighted by Gasteiger charge is -2.18. The predicted molar refractivity (Wildman–Crippen MR) is 135 cm³/mol. The summed E-state index contributed by atoms with van der Waals surface area (Å²) in [5.41, 5.74) is 14.8. The lowest BCUT2D eigenvalue weighted by atomic mass is 9.85. The Morgan fingerprint density at radius 2 is 1.81 bits per heavy atom. The molecule has 0 radical (unpaired) electrons. The van der Waals surface area contributed by atoms with Crippen LogP contribution in [0.15, 0.2) is 78.2 Å². The van der Waals surface area contributed by atoms with E-state index < -0.39 is 0 Å². The summed E-state index contributed by atoms with van der Waals surface area (Å²) in [6.45, 7) is 2.38. The molecule has 0 aliphatic carbocycles. The van der Waals surface area contributed by atoms with Crippen molar-refractivity contribution in [2.24, 2.45) is 10.9 Å². The maximum absolute atomic E-state index is 13.0. The first-order valence-electron chi connectivity index (χ1n) is 11.7. The van der Waals surface area contributed by atoms with Crippen molar-refractivity contribution in [2.75, 3.05) is 7.11 Å². The lowest BCUT2D eigenvalue weighted by Crippen LogP contribution is -2.24. The number of aryl methyl sites for hydroxylation is 1. The fourth-order valence-corrected chi connectivity index (χ4v) is 5.02. The van der Waals surface area contributed by atoms with Gasteiger partial charge in [0.2, 0.25) is 0 Å². The van der Waals surface area contributed by atoms with Crippen molar-refractivity contribution in [3.63, 3.8) is 0 Å². The van der Waals surface area contributed by atoms with Gasteiger partial charge in [-0.2, -0.15) is 5.10 Å². The van der Waals surface area contributed by atoms with E-state index >= 15 is 0 Å². The summed E-state index contributed by atoms with van der Waals surface area (Å²) in [7, 11) is 1.46. The average Bonchev–Trinajstić information content (AvgIpc) is 3.64. The SMILES string of the molecule is CON=C(N)c1ccc(CNC(=O)c2ccc3c(c2)[C@@H]2O[C@H]3c3ccc(-n4cccn4)cc32)c(C)c1. The Morgan fingerprint density at radius 3 is 2.56 bits per heavy atom. The van der Waals surface area contributed by atoms with Crippen LogP contribution in [0.2, 0.25) is 0 Å². The Morgan fingerprint density at radius 1 is 1.06 bits per heavy atom. The third-order valence-corrected chi connectivity index (χ3v) is 6.86. The van der Waals surface area contributed by atoms with Crippen molar-refractivity contribution in [3.8, 4) is 5.69 Å². The molecule has 180 valence electrons. The van der Waals surface area contributed by atoms with Crippen molar-refractivity contribution < 1.29 is 14.4 Å². The van der Waals surface area contributed by atoms with E-state index in [0.29, 0.717) is 17.9 Å². The molecule has 6 rings (SSSR count). The number of carbonyl (C=O) groups excluding carboxylic acids is 1. The number of oxime groups is 1. The standard InChI is InChI=1S/C28H25N5O3/c1-16-12-17(27(29)32-35-2)4-5-19(16)15-30-28(34)18-6-8-21-23(13-18)26-24-14-20(33-11-3-10-31-33)7-9-22(24)25(21)36-26/h3-14,25-26H,15H2,1-2H3,(H2,29,32)(H,30,34)/t25-,26+/m1/s1. The molecule has 8 heteroatoms. The topological polar surface area (TPSA) is 104 Å². The number of benzene rings is 3. The number of aromatic nitrogens is 2. The fraction of sp³-hybridized carbons (Fsp3) is 0.179. The van der Waals surface area contributed by atoms with Crippen LogP contribution in [-0.4, -0.2) is 28.6 Å². The largest absolute Gasteiger partial charge is 0.397 e. The zero-order chi connectivity index (χ0) is 24.8. The molecule has 3 heterocycles. The minimum Gasteiger partial charge on any atom is -0.397 e. The summed E-state index contributed by atoms with van der Waals surface area (Å²) in [6, 6.07) is 19.8. The first-order chi connectivity index (χ1) is 17.5. The van der Waals surface area contributed by atoms with Gasteiger partial charge in [-0.15, -0.1) is 0 Å². The quantitative estimate of drug-likeness (QED) is 0.248. The highest BCUT2D eigenvalue weighted by atomic mass is 16.6. The Kier molecular flexibility index (Phi) is 5.30. The van der Waals surface area contributed by atoms with Gasteiger partial charge in [-0.1, -0.05) is 29.4 Å². The molecule has 1 aromatic heterocycles. The van der Waals surface area contributed by atoms with Gasteiger partial charge in [0.15, 0.2) is 5.84 Å². The van der Waals surface area contributed by atoms with Crippen LogP contribution in [0, 0.1) is 6.92 Å².